The standard InChI is InChI=1S/C31H33N3O3/c1-23-10-8-12-25(33-23)22-36-29-18-17-28(30(31(29)35-2)37-27-15-6-7-16-27)34(26-13-4-3-5-14-26)21-24-11-9-19-32-20-24/h3-5,8-14,17-20,27H,6-7,15-16,21-22H2,1-2H3. The molecule has 0 saturated heterocycles. The smallest absolute Gasteiger partial charge is 0.205 e. The van der Waals surface area contributed by atoms with E-state index in [4.69, 9.17) is 14.2 Å². The maximum atomic E-state index is 6.70. The maximum absolute atomic E-state index is 6.70. The van der Waals surface area contributed by atoms with Crippen molar-refractivity contribution in [3.8, 4) is 17.2 Å². The molecule has 0 unspecified atom stereocenters. The first-order valence-corrected chi connectivity index (χ1v) is 12.9. The van der Waals surface area contributed by atoms with Gasteiger partial charge < -0.3 is 19.1 Å². The highest BCUT2D eigenvalue weighted by Crippen LogP contribution is 2.48. The number of hydrogen-bond acceptors (Lipinski definition) is 6. The number of pyridine rings is 2. The van der Waals surface area contributed by atoms with Gasteiger partial charge in [0.25, 0.3) is 0 Å². The zero-order valence-electron chi connectivity index (χ0n) is 21.5. The number of anilines is 2. The van der Waals surface area contributed by atoms with Gasteiger partial charge in [0.15, 0.2) is 11.5 Å². The lowest BCUT2D eigenvalue weighted by Gasteiger charge is -2.29. The van der Waals surface area contributed by atoms with E-state index in [2.05, 4.69) is 39.1 Å². The molecule has 0 radical (unpaired) electrons. The van der Waals surface area contributed by atoms with Crippen LogP contribution in [-0.2, 0) is 13.2 Å². The largest absolute Gasteiger partial charge is 0.490 e. The molecule has 0 N–H and O–H groups in total. The zero-order valence-corrected chi connectivity index (χ0v) is 21.5. The van der Waals surface area contributed by atoms with Gasteiger partial charge in [0, 0.05) is 30.3 Å². The van der Waals surface area contributed by atoms with Gasteiger partial charge >= 0.3 is 0 Å². The minimum Gasteiger partial charge on any atom is -0.490 e. The number of methoxy groups -OCH3 is 1. The first kappa shape index (κ1) is 24.6. The summed E-state index contributed by atoms with van der Waals surface area (Å²) in [6.45, 7) is 2.96. The zero-order chi connectivity index (χ0) is 25.5. The molecule has 6 heteroatoms. The van der Waals surface area contributed by atoms with E-state index in [1.54, 1.807) is 13.3 Å². The molecule has 6 nitrogen and oxygen atoms in total. The van der Waals surface area contributed by atoms with E-state index in [1.807, 2.05) is 61.7 Å². The SMILES string of the molecule is COc1c(OCc2cccc(C)n2)ccc(N(Cc2cccnc2)c2ccccc2)c1OC1CCCC1. The normalized spacial score (nSPS) is 13.4. The van der Waals surface area contributed by atoms with Crippen LogP contribution in [0.3, 0.4) is 0 Å². The second-order valence-corrected chi connectivity index (χ2v) is 9.31. The van der Waals surface area contributed by atoms with Crippen molar-refractivity contribution >= 4 is 11.4 Å². The second-order valence-electron chi connectivity index (χ2n) is 9.31. The molecule has 1 saturated carbocycles. The molecule has 2 aromatic carbocycles. The molecule has 0 spiro atoms. The Balaban J connectivity index is 1.55. The third-order valence-corrected chi connectivity index (χ3v) is 6.59. The van der Waals surface area contributed by atoms with Gasteiger partial charge in [0.05, 0.1) is 24.6 Å². The van der Waals surface area contributed by atoms with Crippen LogP contribution in [0.2, 0.25) is 0 Å². The summed E-state index contributed by atoms with van der Waals surface area (Å²) >= 11 is 0. The molecule has 0 bridgehead atoms. The highest BCUT2D eigenvalue weighted by atomic mass is 16.5. The molecule has 1 aliphatic carbocycles. The lowest BCUT2D eigenvalue weighted by Crippen LogP contribution is -2.20. The molecule has 0 amide bonds. The Hall–Kier alpha value is -4.06. The highest BCUT2D eigenvalue weighted by Gasteiger charge is 2.26. The summed E-state index contributed by atoms with van der Waals surface area (Å²) in [5.74, 6) is 1.94. The van der Waals surface area contributed by atoms with Gasteiger partial charge in [-0.2, -0.15) is 0 Å². The Morgan fingerprint density at radius 3 is 2.46 bits per heavy atom. The monoisotopic (exact) mass is 495 g/mol. The van der Waals surface area contributed by atoms with E-state index in [1.165, 1.54) is 12.8 Å². The average Bonchev–Trinajstić information content (AvgIpc) is 3.45. The van der Waals surface area contributed by atoms with Crippen LogP contribution in [0.1, 0.15) is 42.6 Å². The molecular weight excluding hydrogens is 462 g/mol. The van der Waals surface area contributed by atoms with Crippen LogP contribution in [0.15, 0.2) is 85.2 Å². The van der Waals surface area contributed by atoms with Gasteiger partial charge in [-0.1, -0.05) is 30.3 Å². The molecule has 1 fully saturated rings. The Kier molecular flexibility index (Phi) is 7.84. The van der Waals surface area contributed by atoms with Crippen LogP contribution in [0.5, 0.6) is 17.2 Å². The summed E-state index contributed by atoms with van der Waals surface area (Å²) in [6.07, 6.45) is 8.27. The quantitative estimate of drug-likeness (QED) is 0.235. The fourth-order valence-corrected chi connectivity index (χ4v) is 4.77. The van der Waals surface area contributed by atoms with E-state index in [0.29, 0.717) is 30.4 Å². The van der Waals surface area contributed by atoms with E-state index < -0.39 is 0 Å². The topological polar surface area (TPSA) is 56.7 Å². The predicted octanol–water partition coefficient (Wildman–Crippen LogP) is 7.03. The summed E-state index contributed by atoms with van der Waals surface area (Å²) in [6, 6.07) is 24.4. The van der Waals surface area contributed by atoms with Crippen molar-refractivity contribution in [2.45, 2.75) is 51.9 Å². The number of aryl methyl sites for hydroxylation is 1. The predicted molar refractivity (Wildman–Crippen MR) is 146 cm³/mol. The molecule has 1 aliphatic rings. The van der Waals surface area contributed by atoms with Crippen molar-refractivity contribution in [1.29, 1.82) is 0 Å². The maximum Gasteiger partial charge on any atom is 0.205 e. The van der Waals surface area contributed by atoms with Crippen LogP contribution in [0, 0.1) is 6.92 Å². The van der Waals surface area contributed by atoms with Crippen LogP contribution >= 0.6 is 0 Å². The molecular formula is C31H33N3O3. The minimum atomic E-state index is 0.150. The summed E-state index contributed by atoms with van der Waals surface area (Å²) in [5, 5.41) is 0. The third-order valence-electron chi connectivity index (χ3n) is 6.59. The molecule has 2 aromatic heterocycles. The van der Waals surface area contributed by atoms with E-state index in [9.17, 15) is 0 Å². The molecule has 190 valence electrons. The summed E-state index contributed by atoms with van der Waals surface area (Å²) in [5.41, 5.74) is 4.92. The van der Waals surface area contributed by atoms with Crippen LogP contribution in [0.4, 0.5) is 11.4 Å². The number of para-hydroxylation sites is 1. The molecule has 0 atom stereocenters. The lowest BCUT2D eigenvalue weighted by atomic mass is 10.1. The molecule has 4 aromatic rings. The van der Waals surface area contributed by atoms with E-state index in [0.717, 1.165) is 41.2 Å². The van der Waals surface area contributed by atoms with Crippen molar-refractivity contribution < 1.29 is 14.2 Å². The van der Waals surface area contributed by atoms with Crippen molar-refractivity contribution in [1.82, 2.24) is 9.97 Å². The number of ether oxygens (including phenoxy) is 3. The number of rotatable bonds is 10. The van der Waals surface area contributed by atoms with Gasteiger partial charge in [-0.25, -0.2) is 0 Å². The second kappa shape index (κ2) is 11.8. The van der Waals surface area contributed by atoms with Crippen molar-refractivity contribution in [2.24, 2.45) is 0 Å². The lowest BCUT2D eigenvalue weighted by molar-refractivity contribution is 0.196. The average molecular weight is 496 g/mol. The number of aromatic nitrogens is 2. The number of hydrogen-bond donors (Lipinski definition) is 0. The van der Waals surface area contributed by atoms with Crippen LogP contribution in [-0.4, -0.2) is 23.2 Å². The van der Waals surface area contributed by atoms with Crippen molar-refractivity contribution in [2.75, 3.05) is 12.0 Å². The molecule has 2 heterocycles. The van der Waals surface area contributed by atoms with Crippen molar-refractivity contribution in [3.63, 3.8) is 0 Å². The van der Waals surface area contributed by atoms with E-state index >= 15 is 0 Å². The van der Waals surface area contributed by atoms with Gasteiger partial charge in [-0.15, -0.1) is 0 Å². The summed E-state index contributed by atoms with van der Waals surface area (Å²) in [7, 11) is 1.67. The Bertz CT molecular complexity index is 1290. The first-order chi connectivity index (χ1) is 18.2. The minimum absolute atomic E-state index is 0.150. The summed E-state index contributed by atoms with van der Waals surface area (Å²) < 4.78 is 18.9. The highest BCUT2D eigenvalue weighted by molar-refractivity contribution is 5.75. The van der Waals surface area contributed by atoms with Gasteiger partial charge in [0.2, 0.25) is 5.75 Å². The molecule has 37 heavy (non-hydrogen) atoms. The first-order valence-electron chi connectivity index (χ1n) is 12.9. The van der Waals surface area contributed by atoms with Crippen LogP contribution < -0.4 is 19.1 Å². The Morgan fingerprint density at radius 2 is 1.73 bits per heavy atom. The van der Waals surface area contributed by atoms with Crippen LogP contribution in [0.25, 0.3) is 0 Å². The number of nitrogens with zero attached hydrogens (tertiary/aromatic N) is 3. The van der Waals surface area contributed by atoms with Gasteiger partial charge in [-0.3, -0.25) is 9.97 Å². The summed E-state index contributed by atoms with van der Waals surface area (Å²) in [4.78, 5) is 11.1. The third kappa shape index (κ3) is 6.02. The molecule has 0 aliphatic heterocycles. The Labute approximate surface area is 218 Å². The van der Waals surface area contributed by atoms with Gasteiger partial charge in [0.1, 0.15) is 6.61 Å². The Morgan fingerprint density at radius 1 is 0.892 bits per heavy atom. The number of benzene rings is 2. The van der Waals surface area contributed by atoms with E-state index in [-0.39, 0.29) is 6.10 Å². The van der Waals surface area contributed by atoms with Crippen molar-refractivity contribution in [3.05, 3.63) is 102 Å². The van der Waals surface area contributed by atoms with Gasteiger partial charge in [-0.05, 0) is 80.6 Å². The molecule has 5 rings (SSSR count). The fourth-order valence-electron chi connectivity index (χ4n) is 4.77. The fraction of sp³-hybridized carbons (Fsp3) is 0.290.